The zero-order valence-corrected chi connectivity index (χ0v) is 13.9. The average molecular weight is 321 g/mol. The Morgan fingerprint density at radius 3 is 2.18 bits per heavy atom. The van der Waals surface area contributed by atoms with Gasteiger partial charge in [0.1, 0.15) is 12.4 Å². The van der Waals surface area contributed by atoms with E-state index in [4.69, 9.17) is 9.47 Å². The van der Waals surface area contributed by atoms with E-state index < -0.39 is 0 Å². The van der Waals surface area contributed by atoms with Crippen molar-refractivity contribution in [3.05, 3.63) is 65.2 Å². The summed E-state index contributed by atoms with van der Waals surface area (Å²) in [4.78, 5) is 0. The van der Waals surface area contributed by atoms with Gasteiger partial charge in [-0.15, -0.1) is 0 Å². The first-order chi connectivity index (χ1) is 10.3. The molecule has 0 aliphatic heterocycles. The monoisotopic (exact) mass is 320 g/mol. The second kappa shape index (κ2) is 10.2. The summed E-state index contributed by atoms with van der Waals surface area (Å²) in [5.74, 6) is 0.899. The fourth-order valence-corrected chi connectivity index (χ4v) is 1.96. The fourth-order valence-electron chi connectivity index (χ4n) is 1.96. The molecule has 0 fully saturated rings. The zero-order valence-electron chi connectivity index (χ0n) is 13.1. The molecule has 0 unspecified atom stereocenters. The lowest BCUT2D eigenvalue weighted by atomic mass is 10.2. The molecule has 0 atom stereocenters. The molecule has 0 aliphatic carbocycles. The molecular weight excluding hydrogens is 298 g/mol. The van der Waals surface area contributed by atoms with Crippen LogP contribution < -0.4 is 22.5 Å². The van der Waals surface area contributed by atoms with Crippen LogP contribution in [0, 0.1) is 6.92 Å². The maximum atomic E-state index is 5.79. The van der Waals surface area contributed by atoms with Crippen LogP contribution in [0.1, 0.15) is 16.7 Å². The number of hydrogen-bond donors (Lipinski definition) is 1. The number of methoxy groups -OCH3 is 1. The zero-order chi connectivity index (χ0) is 14.9. The van der Waals surface area contributed by atoms with E-state index >= 15 is 0 Å². The van der Waals surface area contributed by atoms with Crippen molar-refractivity contribution >= 4 is 0 Å². The third-order valence-electron chi connectivity index (χ3n) is 3.26. The van der Waals surface area contributed by atoms with Crippen LogP contribution in [-0.4, -0.2) is 20.3 Å². The van der Waals surface area contributed by atoms with Gasteiger partial charge in [0.2, 0.25) is 0 Å². The summed E-state index contributed by atoms with van der Waals surface area (Å²) in [5.41, 5.74) is 3.70. The summed E-state index contributed by atoms with van der Waals surface area (Å²) >= 11 is 0. The van der Waals surface area contributed by atoms with Crippen LogP contribution in [0.4, 0.5) is 0 Å². The third-order valence-corrected chi connectivity index (χ3v) is 3.26. The minimum Gasteiger partial charge on any atom is -1.00 e. The molecule has 0 heterocycles. The predicted molar refractivity (Wildman–Crippen MR) is 85.5 cm³/mol. The van der Waals surface area contributed by atoms with Crippen molar-refractivity contribution in [2.45, 2.75) is 20.1 Å². The van der Waals surface area contributed by atoms with E-state index in [0.717, 1.165) is 25.4 Å². The van der Waals surface area contributed by atoms with Crippen LogP contribution in [-0.2, 0) is 17.9 Å². The lowest BCUT2D eigenvalue weighted by molar-refractivity contribution is -0.00000511. The summed E-state index contributed by atoms with van der Waals surface area (Å²) in [7, 11) is 1.71. The normalized spacial score (nSPS) is 10.1. The molecule has 0 radical (unpaired) electrons. The Morgan fingerprint density at radius 2 is 1.55 bits per heavy atom. The highest BCUT2D eigenvalue weighted by molar-refractivity contribution is 5.28. The summed E-state index contributed by atoms with van der Waals surface area (Å²) in [5, 5.41) is 3.32. The Labute approximate surface area is 139 Å². The van der Waals surface area contributed by atoms with E-state index in [1.54, 1.807) is 7.11 Å². The molecule has 0 aliphatic rings. The second-order valence-electron chi connectivity index (χ2n) is 5.09. The first-order valence-corrected chi connectivity index (χ1v) is 7.25. The molecule has 2 aromatic rings. The SMILES string of the molecule is COCCNCc1ccc(OCc2ccc(C)cc2)cc1.[Cl-]. The quantitative estimate of drug-likeness (QED) is 0.710. The first-order valence-electron chi connectivity index (χ1n) is 7.25. The predicted octanol–water partition coefficient (Wildman–Crippen LogP) is 0.314. The first kappa shape index (κ1) is 18.5. The minimum atomic E-state index is 0. The van der Waals surface area contributed by atoms with Crippen LogP contribution in [0.2, 0.25) is 0 Å². The van der Waals surface area contributed by atoms with Crippen LogP contribution in [0.5, 0.6) is 5.75 Å². The molecule has 2 rings (SSSR count). The Balaban J connectivity index is 0.00000242. The van der Waals surface area contributed by atoms with E-state index in [2.05, 4.69) is 48.6 Å². The van der Waals surface area contributed by atoms with E-state index in [9.17, 15) is 0 Å². The van der Waals surface area contributed by atoms with Crippen molar-refractivity contribution in [2.75, 3.05) is 20.3 Å². The highest BCUT2D eigenvalue weighted by atomic mass is 35.5. The second-order valence-corrected chi connectivity index (χ2v) is 5.09. The number of aryl methyl sites for hydroxylation is 1. The van der Waals surface area contributed by atoms with Crippen LogP contribution in [0.3, 0.4) is 0 Å². The van der Waals surface area contributed by atoms with Gasteiger partial charge in [-0.05, 0) is 30.2 Å². The topological polar surface area (TPSA) is 30.5 Å². The molecule has 4 heteroatoms. The van der Waals surface area contributed by atoms with Gasteiger partial charge >= 0.3 is 0 Å². The van der Waals surface area contributed by atoms with E-state index in [1.807, 2.05) is 12.1 Å². The molecule has 1 N–H and O–H groups in total. The number of ether oxygens (including phenoxy) is 2. The molecule has 120 valence electrons. The molecule has 0 saturated heterocycles. The highest BCUT2D eigenvalue weighted by Gasteiger charge is 1.97. The molecule has 2 aromatic carbocycles. The van der Waals surface area contributed by atoms with E-state index in [1.165, 1.54) is 16.7 Å². The smallest absolute Gasteiger partial charge is 0.119 e. The van der Waals surface area contributed by atoms with Crippen LogP contribution in [0.15, 0.2) is 48.5 Å². The van der Waals surface area contributed by atoms with Crippen molar-refractivity contribution < 1.29 is 21.9 Å². The van der Waals surface area contributed by atoms with Gasteiger partial charge in [0.05, 0.1) is 6.61 Å². The highest BCUT2D eigenvalue weighted by Crippen LogP contribution is 2.14. The Morgan fingerprint density at radius 1 is 0.909 bits per heavy atom. The number of nitrogens with one attached hydrogen (secondary N) is 1. The lowest BCUT2D eigenvalue weighted by Crippen LogP contribution is -3.00. The van der Waals surface area contributed by atoms with Gasteiger partial charge in [0.25, 0.3) is 0 Å². The van der Waals surface area contributed by atoms with Gasteiger partial charge in [-0.3, -0.25) is 0 Å². The Kier molecular flexibility index (Phi) is 8.60. The number of hydrogen-bond acceptors (Lipinski definition) is 3. The largest absolute Gasteiger partial charge is 1.00 e. The van der Waals surface area contributed by atoms with Gasteiger partial charge in [-0.25, -0.2) is 0 Å². The van der Waals surface area contributed by atoms with Gasteiger partial charge in [0, 0.05) is 20.2 Å². The molecule has 0 spiro atoms. The van der Waals surface area contributed by atoms with E-state index in [-0.39, 0.29) is 12.4 Å². The van der Waals surface area contributed by atoms with Crippen molar-refractivity contribution in [1.82, 2.24) is 5.32 Å². The van der Waals surface area contributed by atoms with Gasteiger partial charge in [0.15, 0.2) is 0 Å². The van der Waals surface area contributed by atoms with Gasteiger partial charge < -0.3 is 27.2 Å². The van der Waals surface area contributed by atoms with Crippen molar-refractivity contribution in [3.8, 4) is 5.75 Å². The average Bonchev–Trinajstić information content (AvgIpc) is 2.52. The minimum absolute atomic E-state index is 0. The fraction of sp³-hybridized carbons (Fsp3) is 0.333. The molecular formula is C18H23ClNO2-. The van der Waals surface area contributed by atoms with Crippen LogP contribution in [0.25, 0.3) is 0 Å². The molecule has 0 bridgehead atoms. The number of benzene rings is 2. The summed E-state index contributed by atoms with van der Waals surface area (Å²) in [6.45, 7) is 5.14. The summed E-state index contributed by atoms with van der Waals surface area (Å²) in [6.07, 6.45) is 0. The van der Waals surface area contributed by atoms with Crippen LogP contribution >= 0.6 is 0 Å². The maximum absolute atomic E-state index is 5.79. The lowest BCUT2D eigenvalue weighted by Gasteiger charge is -2.08. The number of halogens is 1. The van der Waals surface area contributed by atoms with Crippen molar-refractivity contribution in [2.24, 2.45) is 0 Å². The maximum Gasteiger partial charge on any atom is 0.119 e. The molecule has 0 saturated carbocycles. The van der Waals surface area contributed by atoms with Crippen molar-refractivity contribution in [1.29, 1.82) is 0 Å². The van der Waals surface area contributed by atoms with E-state index in [0.29, 0.717) is 6.61 Å². The summed E-state index contributed by atoms with van der Waals surface area (Å²) < 4.78 is 10.8. The standard InChI is InChI=1S/C18H23NO2.ClH/c1-15-3-5-17(6-4-15)14-21-18-9-7-16(8-10-18)13-19-11-12-20-2;/h3-10,19H,11-14H2,1-2H3;1H/p-1. The molecule has 3 nitrogen and oxygen atoms in total. The van der Waals surface area contributed by atoms with Crippen molar-refractivity contribution in [3.63, 3.8) is 0 Å². The molecule has 0 aromatic heterocycles. The van der Waals surface area contributed by atoms with Gasteiger partial charge in [-0.2, -0.15) is 0 Å². The Hall–Kier alpha value is -1.55. The Bertz CT molecular complexity index is 526. The number of rotatable bonds is 8. The molecule has 22 heavy (non-hydrogen) atoms. The summed E-state index contributed by atoms with van der Waals surface area (Å²) in [6, 6.07) is 16.6. The van der Waals surface area contributed by atoms with Gasteiger partial charge in [-0.1, -0.05) is 42.0 Å². The third kappa shape index (κ3) is 6.48. The molecule has 0 amide bonds.